The second kappa shape index (κ2) is 4.75. The number of rotatable bonds is 4. The minimum absolute atomic E-state index is 0.135. The van der Waals surface area contributed by atoms with Gasteiger partial charge < -0.3 is 10.1 Å². The molecule has 0 aliphatic heterocycles. The first-order valence-corrected chi connectivity index (χ1v) is 6.62. The molecule has 1 fully saturated rings. The summed E-state index contributed by atoms with van der Waals surface area (Å²) in [4.78, 5) is 23.5. The molecule has 4 atom stereocenters. The van der Waals surface area contributed by atoms with Crippen LogP contribution < -0.4 is 5.32 Å². The molecule has 2 aliphatic carbocycles. The number of ketones is 1. The van der Waals surface area contributed by atoms with Crippen LogP contribution in [0, 0.1) is 23.2 Å². The van der Waals surface area contributed by atoms with Crippen LogP contribution in [0.15, 0.2) is 12.2 Å². The van der Waals surface area contributed by atoms with Crippen molar-refractivity contribution in [3.63, 3.8) is 0 Å². The number of allylic oxidation sites excluding steroid dienone is 2. The van der Waals surface area contributed by atoms with Crippen molar-refractivity contribution in [3.8, 4) is 0 Å². The number of Topliss-reactive ketones (excluding diaryl/α,β-unsaturated/α-hetero) is 1. The summed E-state index contributed by atoms with van der Waals surface area (Å²) in [6.45, 7) is 6.28. The number of ether oxygens (including phenoxy) is 1. The average molecular weight is 251 g/mol. The summed E-state index contributed by atoms with van der Waals surface area (Å²) in [6.07, 6.45) is 4.90. The molecule has 2 aliphatic rings. The Labute approximate surface area is 108 Å². The van der Waals surface area contributed by atoms with Gasteiger partial charge in [0.05, 0.1) is 5.41 Å². The fourth-order valence-electron chi connectivity index (χ4n) is 3.50. The maximum atomic E-state index is 12.1. The van der Waals surface area contributed by atoms with Gasteiger partial charge in [-0.2, -0.15) is 0 Å². The summed E-state index contributed by atoms with van der Waals surface area (Å²) < 4.78 is 5.25. The van der Waals surface area contributed by atoms with Crippen molar-refractivity contribution in [2.45, 2.75) is 27.2 Å². The highest BCUT2D eigenvalue weighted by Crippen LogP contribution is 2.56. The second-order valence-corrected chi connectivity index (χ2v) is 5.38. The molecule has 2 bridgehead atoms. The number of carbonyl (C=O) groups excluding carboxylic acids is 2. The smallest absolute Gasteiger partial charge is 0.407 e. The Balaban J connectivity index is 2.12. The molecule has 4 heteroatoms. The van der Waals surface area contributed by atoms with E-state index in [-0.39, 0.29) is 24.2 Å². The highest BCUT2D eigenvalue weighted by Gasteiger charge is 2.57. The molecule has 0 heterocycles. The van der Waals surface area contributed by atoms with E-state index in [1.807, 2.05) is 6.92 Å². The number of alkyl carbamates (subject to hydrolysis) is 1. The van der Waals surface area contributed by atoms with Crippen LogP contribution in [0.2, 0.25) is 0 Å². The third-order valence-corrected chi connectivity index (χ3v) is 4.65. The molecule has 2 rings (SSSR count). The molecule has 0 spiro atoms. The Morgan fingerprint density at radius 2 is 2.17 bits per heavy atom. The SMILES string of the molecule is CCNC(=O)OCC1(C(C)=O)C2C=CC(C2)C1C. The summed E-state index contributed by atoms with van der Waals surface area (Å²) in [7, 11) is 0. The summed E-state index contributed by atoms with van der Waals surface area (Å²) in [6, 6.07) is 0. The van der Waals surface area contributed by atoms with Crippen LogP contribution in [0.1, 0.15) is 27.2 Å². The van der Waals surface area contributed by atoms with Crippen LogP contribution in [-0.4, -0.2) is 25.0 Å². The molecule has 0 saturated heterocycles. The molecule has 100 valence electrons. The van der Waals surface area contributed by atoms with Gasteiger partial charge in [-0.25, -0.2) is 4.79 Å². The molecule has 0 aromatic rings. The Bertz CT molecular complexity index is 391. The topological polar surface area (TPSA) is 55.4 Å². The molecule has 0 aromatic carbocycles. The lowest BCUT2D eigenvalue weighted by Crippen LogP contribution is -2.45. The summed E-state index contributed by atoms with van der Waals surface area (Å²) in [5.41, 5.74) is -0.509. The van der Waals surface area contributed by atoms with Crippen LogP contribution in [0.4, 0.5) is 4.79 Å². The first kappa shape index (κ1) is 13.1. The van der Waals surface area contributed by atoms with Gasteiger partial charge in [0, 0.05) is 6.54 Å². The lowest BCUT2D eigenvalue weighted by atomic mass is 9.67. The average Bonchev–Trinajstić information content (AvgIpc) is 2.87. The fraction of sp³-hybridized carbons (Fsp3) is 0.714. The van der Waals surface area contributed by atoms with Crippen LogP contribution in [0.3, 0.4) is 0 Å². The quantitative estimate of drug-likeness (QED) is 0.779. The zero-order valence-electron chi connectivity index (χ0n) is 11.2. The maximum absolute atomic E-state index is 12.1. The van der Waals surface area contributed by atoms with E-state index in [2.05, 4.69) is 24.4 Å². The second-order valence-electron chi connectivity index (χ2n) is 5.38. The number of fused-ring (bicyclic) bond motifs is 2. The Kier molecular flexibility index (Phi) is 3.46. The van der Waals surface area contributed by atoms with Crippen molar-refractivity contribution >= 4 is 11.9 Å². The summed E-state index contributed by atoms with van der Waals surface area (Å²) in [5.74, 6) is 1.07. The van der Waals surface area contributed by atoms with Gasteiger partial charge in [0.15, 0.2) is 0 Å². The van der Waals surface area contributed by atoms with Crippen molar-refractivity contribution in [1.29, 1.82) is 0 Å². The maximum Gasteiger partial charge on any atom is 0.407 e. The van der Waals surface area contributed by atoms with Crippen molar-refractivity contribution < 1.29 is 14.3 Å². The van der Waals surface area contributed by atoms with Gasteiger partial charge in [-0.15, -0.1) is 0 Å². The van der Waals surface area contributed by atoms with E-state index in [9.17, 15) is 9.59 Å². The third-order valence-electron chi connectivity index (χ3n) is 4.65. The molecule has 0 aromatic heterocycles. The predicted molar refractivity (Wildman–Crippen MR) is 68.0 cm³/mol. The number of hydrogen-bond donors (Lipinski definition) is 1. The van der Waals surface area contributed by atoms with E-state index in [1.165, 1.54) is 0 Å². The van der Waals surface area contributed by atoms with Crippen molar-refractivity contribution in [3.05, 3.63) is 12.2 Å². The Morgan fingerprint density at radius 1 is 1.44 bits per heavy atom. The monoisotopic (exact) mass is 251 g/mol. The van der Waals surface area contributed by atoms with Crippen molar-refractivity contribution in [1.82, 2.24) is 5.32 Å². The molecular formula is C14H21NO3. The van der Waals surface area contributed by atoms with Gasteiger partial charge in [-0.1, -0.05) is 19.1 Å². The molecule has 0 radical (unpaired) electrons. The summed E-state index contributed by atoms with van der Waals surface area (Å²) >= 11 is 0. The van der Waals surface area contributed by atoms with Gasteiger partial charge in [0.1, 0.15) is 12.4 Å². The van der Waals surface area contributed by atoms with E-state index in [1.54, 1.807) is 6.92 Å². The zero-order valence-corrected chi connectivity index (χ0v) is 11.2. The minimum Gasteiger partial charge on any atom is -0.448 e. The third kappa shape index (κ3) is 1.84. The lowest BCUT2D eigenvalue weighted by Gasteiger charge is -2.37. The Morgan fingerprint density at radius 3 is 2.67 bits per heavy atom. The normalized spacial score (nSPS) is 36.7. The van der Waals surface area contributed by atoms with E-state index in [4.69, 9.17) is 4.74 Å². The number of carbonyl (C=O) groups is 2. The molecular weight excluding hydrogens is 230 g/mol. The first-order chi connectivity index (χ1) is 8.52. The van der Waals surface area contributed by atoms with Crippen LogP contribution in [0.5, 0.6) is 0 Å². The highest BCUT2D eigenvalue weighted by molar-refractivity contribution is 5.85. The first-order valence-electron chi connectivity index (χ1n) is 6.62. The van der Waals surface area contributed by atoms with E-state index in [0.717, 1.165) is 6.42 Å². The lowest BCUT2D eigenvalue weighted by molar-refractivity contribution is -0.133. The van der Waals surface area contributed by atoms with Gasteiger partial charge in [-0.05, 0) is 38.0 Å². The van der Waals surface area contributed by atoms with Crippen LogP contribution in [-0.2, 0) is 9.53 Å². The molecule has 1 N–H and O–H groups in total. The number of hydrogen-bond acceptors (Lipinski definition) is 3. The summed E-state index contributed by atoms with van der Waals surface area (Å²) in [5, 5.41) is 2.59. The van der Waals surface area contributed by atoms with Gasteiger partial charge in [0.2, 0.25) is 0 Å². The molecule has 1 amide bonds. The highest BCUT2D eigenvalue weighted by atomic mass is 16.5. The molecule has 18 heavy (non-hydrogen) atoms. The predicted octanol–water partition coefficient (Wildman–Crippen LogP) is 2.15. The van der Waals surface area contributed by atoms with Crippen LogP contribution >= 0.6 is 0 Å². The van der Waals surface area contributed by atoms with E-state index >= 15 is 0 Å². The molecule has 4 nitrogen and oxygen atoms in total. The standard InChI is InChI=1S/C14H21NO3/c1-4-15-13(17)18-8-14(10(3)16)9(2)11-5-6-12(14)7-11/h5-6,9,11-12H,4,7-8H2,1-3H3,(H,15,17). The van der Waals surface area contributed by atoms with Gasteiger partial charge in [0.25, 0.3) is 0 Å². The van der Waals surface area contributed by atoms with E-state index in [0.29, 0.717) is 12.5 Å². The largest absolute Gasteiger partial charge is 0.448 e. The number of amides is 1. The fourth-order valence-corrected chi connectivity index (χ4v) is 3.50. The number of nitrogens with one attached hydrogen (secondary N) is 1. The van der Waals surface area contributed by atoms with Crippen molar-refractivity contribution in [2.75, 3.05) is 13.2 Å². The van der Waals surface area contributed by atoms with Gasteiger partial charge in [-0.3, -0.25) is 4.79 Å². The molecule has 1 saturated carbocycles. The van der Waals surface area contributed by atoms with Crippen molar-refractivity contribution in [2.24, 2.45) is 23.2 Å². The minimum atomic E-state index is -0.509. The Hall–Kier alpha value is -1.32. The van der Waals surface area contributed by atoms with Crippen LogP contribution in [0.25, 0.3) is 0 Å². The van der Waals surface area contributed by atoms with Gasteiger partial charge >= 0.3 is 6.09 Å². The van der Waals surface area contributed by atoms with E-state index < -0.39 is 11.5 Å². The molecule has 4 unspecified atom stereocenters. The zero-order chi connectivity index (χ0) is 13.3.